The average molecular weight is 312 g/mol. The normalized spacial score (nSPS) is 11.0. The first-order chi connectivity index (χ1) is 11.8. The average Bonchev–Trinajstić information content (AvgIpc) is 2.62. The van der Waals surface area contributed by atoms with Crippen LogP contribution in [0.1, 0.15) is 5.56 Å². The zero-order chi connectivity index (χ0) is 16.5. The molecule has 0 bridgehead atoms. The molecule has 0 fully saturated rings. The molecule has 0 saturated carbocycles. The lowest BCUT2D eigenvalue weighted by atomic mass is 9.91. The Hall–Kier alpha value is -3.20. The molecular formula is C21H16N2O. The molecule has 0 spiro atoms. The fraction of sp³-hybridized carbons (Fsp3) is 0.0476. The highest BCUT2D eigenvalue weighted by atomic mass is 16.3. The fourth-order valence-corrected chi connectivity index (χ4v) is 3.31. The van der Waals surface area contributed by atoms with Crippen molar-refractivity contribution in [3.63, 3.8) is 0 Å². The van der Waals surface area contributed by atoms with Gasteiger partial charge in [-0.05, 0) is 27.6 Å². The summed E-state index contributed by atoms with van der Waals surface area (Å²) in [6.07, 6.45) is 0. The van der Waals surface area contributed by atoms with E-state index < -0.39 is 0 Å². The molecular weight excluding hydrogens is 296 g/mol. The highest BCUT2D eigenvalue weighted by Gasteiger charge is 2.14. The minimum absolute atomic E-state index is 0.183. The second kappa shape index (κ2) is 5.78. The van der Waals surface area contributed by atoms with Crippen molar-refractivity contribution in [2.45, 2.75) is 6.54 Å². The molecule has 4 rings (SSSR count). The van der Waals surface area contributed by atoms with Gasteiger partial charge in [0.25, 0.3) is 0 Å². The molecule has 0 aromatic heterocycles. The molecule has 0 aliphatic heterocycles. The van der Waals surface area contributed by atoms with Gasteiger partial charge in [-0.1, -0.05) is 66.7 Å². The number of nitrogens with zero attached hydrogens (tertiary/aromatic N) is 1. The third-order valence-corrected chi connectivity index (χ3v) is 4.41. The molecule has 4 aromatic carbocycles. The van der Waals surface area contributed by atoms with Crippen molar-refractivity contribution < 1.29 is 5.11 Å². The molecule has 0 unspecified atom stereocenters. The van der Waals surface area contributed by atoms with Crippen molar-refractivity contribution in [3.05, 3.63) is 78.4 Å². The summed E-state index contributed by atoms with van der Waals surface area (Å²) in [5.74, 6) is 0.204. The number of phenols is 1. The Morgan fingerprint density at radius 2 is 1.42 bits per heavy atom. The summed E-state index contributed by atoms with van der Waals surface area (Å²) in [5.41, 5.74) is 9.56. The molecule has 0 radical (unpaired) electrons. The third kappa shape index (κ3) is 2.22. The van der Waals surface area contributed by atoms with Crippen LogP contribution in [0.5, 0.6) is 5.75 Å². The Balaban J connectivity index is 2.15. The number of phenolic OH excluding ortho intramolecular Hbond substituents is 1. The Labute approximate surface area is 139 Å². The Bertz CT molecular complexity index is 1020. The summed E-state index contributed by atoms with van der Waals surface area (Å²) in [4.78, 5) is 0. The van der Waals surface area contributed by atoms with E-state index in [9.17, 15) is 5.11 Å². The summed E-state index contributed by atoms with van der Waals surface area (Å²) in [7, 11) is 0. The summed E-state index contributed by atoms with van der Waals surface area (Å²) in [6, 6.07) is 24.2. The second-order valence-corrected chi connectivity index (χ2v) is 5.82. The van der Waals surface area contributed by atoms with Crippen molar-refractivity contribution in [1.82, 2.24) is 0 Å². The van der Waals surface area contributed by atoms with Gasteiger partial charge in [-0.3, -0.25) is 0 Å². The largest absolute Gasteiger partial charge is 0.507 e. The predicted octanol–water partition coefficient (Wildman–Crippen LogP) is 5.90. The lowest BCUT2D eigenvalue weighted by Gasteiger charge is -2.14. The van der Waals surface area contributed by atoms with Gasteiger partial charge in [-0.2, -0.15) is 5.11 Å². The quantitative estimate of drug-likeness (QED) is 0.359. The summed E-state index contributed by atoms with van der Waals surface area (Å²) >= 11 is 0. The highest BCUT2D eigenvalue weighted by molar-refractivity contribution is 6.13. The molecule has 0 atom stereocenters. The van der Waals surface area contributed by atoms with Crippen LogP contribution in [0.2, 0.25) is 0 Å². The molecule has 0 saturated heterocycles. The smallest absolute Gasteiger partial charge is 0.128 e. The van der Waals surface area contributed by atoms with Gasteiger partial charge in [-0.25, -0.2) is 5.53 Å². The van der Waals surface area contributed by atoms with Crippen molar-refractivity contribution in [2.24, 2.45) is 5.11 Å². The van der Waals surface area contributed by atoms with E-state index in [0.29, 0.717) is 5.56 Å². The molecule has 116 valence electrons. The van der Waals surface area contributed by atoms with Crippen LogP contribution >= 0.6 is 0 Å². The van der Waals surface area contributed by atoms with E-state index in [1.54, 1.807) is 0 Å². The molecule has 0 amide bonds. The molecule has 2 N–H and O–H groups in total. The monoisotopic (exact) mass is 312 g/mol. The topological polar surface area (TPSA) is 56.4 Å². The van der Waals surface area contributed by atoms with E-state index in [1.807, 2.05) is 42.5 Å². The number of hydrogen-bond donors (Lipinski definition) is 2. The Morgan fingerprint density at radius 3 is 2.04 bits per heavy atom. The lowest BCUT2D eigenvalue weighted by molar-refractivity contribution is 0.470. The van der Waals surface area contributed by atoms with E-state index in [4.69, 9.17) is 5.53 Å². The first kappa shape index (κ1) is 14.4. The fourth-order valence-electron chi connectivity index (χ4n) is 3.31. The minimum atomic E-state index is 0.183. The second-order valence-electron chi connectivity index (χ2n) is 5.82. The number of rotatable bonds is 3. The van der Waals surface area contributed by atoms with Gasteiger partial charge in [0.05, 0.1) is 6.54 Å². The van der Waals surface area contributed by atoms with Gasteiger partial charge in [0, 0.05) is 16.7 Å². The van der Waals surface area contributed by atoms with Crippen LogP contribution in [0.4, 0.5) is 0 Å². The zero-order valence-electron chi connectivity index (χ0n) is 13.0. The first-order valence-corrected chi connectivity index (χ1v) is 7.84. The van der Waals surface area contributed by atoms with Crippen molar-refractivity contribution >= 4 is 21.5 Å². The van der Waals surface area contributed by atoms with Gasteiger partial charge in [-0.15, -0.1) is 0 Å². The van der Waals surface area contributed by atoms with Crippen LogP contribution in [0, 0.1) is 5.53 Å². The molecule has 3 nitrogen and oxygen atoms in total. The van der Waals surface area contributed by atoms with Crippen LogP contribution in [0.3, 0.4) is 0 Å². The zero-order valence-corrected chi connectivity index (χ0v) is 13.0. The van der Waals surface area contributed by atoms with Crippen molar-refractivity contribution in [2.75, 3.05) is 0 Å². The van der Waals surface area contributed by atoms with Gasteiger partial charge < -0.3 is 5.11 Å². The van der Waals surface area contributed by atoms with Gasteiger partial charge in [0.1, 0.15) is 5.75 Å². The number of para-hydroxylation sites is 1. The number of hydrogen-bond acceptors (Lipinski definition) is 3. The maximum Gasteiger partial charge on any atom is 0.128 e. The summed E-state index contributed by atoms with van der Waals surface area (Å²) in [5, 5.41) is 18.7. The number of nitrogens with one attached hydrogen (secondary N) is 1. The maximum atomic E-state index is 10.7. The van der Waals surface area contributed by atoms with Crippen molar-refractivity contribution in [1.29, 1.82) is 5.53 Å². The first-order valence-electron chi connectivity index (χ1n) is 7.84. The van der Waals surface area contributed by atoms with Gasteiger partial charge >= 0.3 is 0 Å². The summed E-state index contributed by atoms with van der Waals surface area (Å²) in [6.45, 7) is 0.183. The molecule has 0 heterocycles. The predicted molar refractivity (Wildman–Crippen MR) is 97.4 cm³/mol. The minimum Gasteiger partial charge on any atom is -0.507 e. The van der Waals surface area contributed by atoms with Crippen LogP contribution in [-0.4, -0.2) is 5.11 Å². The maximum absolute atomic E-state index is 10.7. The van der Waals surface area contributed by atoms with Crippen molar-refractivity contribution in [3.8, 4) is 16.9 Å². The van der Waals surface area contributed by atoms with Gasteiger partial charge in [0.2, 0.25) is 0 Å². The number of benzene rings is 4. The van der Waals surface area contributed by atoms with Crippen LogP contribution in [-0.2, 0) is 6.54 Å². The lowest BCUT2D eigenvalue weighted by Crippen LogP contribution is -1.89. The third-order valence-electron chi connectivity index (χ3n) is 4.41. The molecule has 24 heavy (non-hydrogen) atoms. The van der Waals surface area contributed by atoms with Crippen LogP contribution in [0.25, 0.3) is 32.7 Å². The molecule has 0 aliphatic rings. The van der Waals surface area contributed by atoms with Gasteiger partial charge in [0.15, 0.2) is 0 Å². The highest BCUT2D eigenvalue weighted by Crippen LogP contribution is 2.41. The number of aromatic hydroxyl groups is 1. The summed E-state index contributed by atoms with van der Waals surface area (Å²) < 4.78 is 0. The van der Waals surface area contributed by atoms with E-state index in [2.05, 4.69) is 35.4 Å². The van der Waals surface area contributed by atoms with E-state index in [-0.39, 0.29) is 12.3 Å². The molecule has 4 aromatic rings. The SMILES string of the molecule is N=NCc1cccc(-c2c3ccccc3cc3ccccc23)c1O. The van der Waals surface area contributed by atoms with E-state index >= 15 is 0 Å². The molecule has 3 heteroatoms. The van der Waals surface area contributed by atoms with Crippen LogP contribution in [0.15, 0.2) is 77.9 Å². The molecule has 0 aliphatic carbocycles. The number of fused-ring (bicyclic) bond motifs is 2. The standard InChI is InChI=1S/C21H16N2O/c22-23-13-16-8-5-11-19(21(16)24)20-17-9-3-1-6-14(17)12-15-7-2-4-10-18(15)20/h1-12,22,24H,13H2. The Kier molecular flexibility index (Phi) is 3.47. The van der Waals surface area contributed by atoms with E-state index in [1.165, 1.54) is 0 Å². The van der Waals surface area contributed by atoms with Crippen LogP contribution < -0.4 is 0 Å². The Morgan fingerprint density at radius 1 is 0.792 bits per heavy atom. The van der Waals surface area contributed by atoms with E-state index in [0.717, 1.165) is 32.7 Å².